The Morgan fingerprint density at radius 3 is 2.55 bits per heavy atom. The maximum atomic E-state index is 12.8. The van der Waals surface area contributed by atoms with E-state index in [1.54, 1.807) is 36.3 Å². The Hall–Kier alpha value is -3.04. The van der Waals surface area contributed by atoms with Crippen LogP contribution in [-0.2, 0) is 15.8 Å². The molecule has 0 bridgehead atoms. The van der Waals surface area contributed by atoms with Crippen LogP contribution in [0.25, 0.3) is 0 Å². The molecule has 1 heterocycles. The van der Waals surface area contributed by atoms with Crippen LogP contribution in [-0.4, -0.2) is 31.6 Å². The summed E-state index contributed by atoms with van der Waals surface area (Å²) in [6.07, 6.45) is 3.52. The van der Waals surface area contributed by atoms with Crippen molar-refractivity contribution in [3.05, 3.63) is 78.1 Å². The summed E-state index contributed by atoms with van der Waals surface area (Å²) >= 11 is 1.61. The van der Waals surface area contributed by atoms with Crippen LogP contribution in [0.1, 0.15) is 15.9 Å². The van der Waals surface area contributed by atoms with Gasteiger partial charge in [0, 0.05) is 28.7 Å². The summed E-state index contributed by atoms with van der Waals surface area (Å²) in [4.78, 5) is 16.0. The Morgan fingerprint density at radius 2 is 1.93 bits per heavy atom. The predicted molar refractivity (Wildman–Crippen MR) is 111 cm³/mol. The maximum absolute atomic E-state index is 12.8. The molecule has 1 aromatic heterocycles. The molecular weight excluding hydrogens is 412 g/mol. The minimum Gasteiger partial charge on any atom is -0.495 e. The molecule has 0 aliphatic rings. The van der Waals surface area contributed by atoms with Crippen LogP contribution in [0.15, 0.2) is 76.8 Å². The van der Waals surface area contributed by atoms with Gasteiger partial charge in [-0.2, -0.15) is 0 Å². The summed E-state index contributed by atoms with van der Waals surface area (Å²) in [5.74, 6) is -0.414. The molecule has 0 spiro atoms. The van der Waals surface area contributed by atoms with E-state index >= 15 is 0 Å². The second-order valence-electron chi connectivity index (χ2n) is 5.95. The van der Waals surface area contributed by atoms with E-state index in [4.69, 9.17) is 9.84 Å². The summed E-state index contributed by atoms with van der Waals surface area (Å²) in [5.41, 5.74) is 1.31. The molecule has 0 aliphatic heterocycles. The van der Waals surface area contributed by atoms with E-state index in [0.717, 1.165) is 22.3 Å². The second-order valence-corrected chi connectivity index (χ2v) is 8.65. The summed E-state index contributed by atoms with van der Waals surface area (Å²) in [6, 6.07) is 14.5. The number of ether oxygens (including phenoxy) is 1. The van der Waals surface area contributed by atoms with E-state index in [2.05, 4.69) is 9.71 Å². The average Bonchev–Trinajstić information content (AvgIpc) is 2.73. The van der Waals surface area contributed by atoms with Gasteiger partial charge < -0.3 is 9.84 Å². The van der Waals surface area contributed by atoms with Gasteiger partial charge in [0.25, 0.3) is 10.0 Å². The first-order valence-corrected chi connectivity index (χ1v) is 10.9. The topological polar surface area (TPSA) is 106 Å². The molecule has 3 aromatic rings. The average molecular weight is 431 g/mol. The van der Waals surface area contributed by atoms with Gasteiger partial charge in [-0.25, -0.2) is 13.2 Å². The van der Waals surface area contributed by atoms with Crippen LogP contribution in [0.4, 0.5) is 5.69 Å². The zero-order chi connectivity index (χ0) is 20.9. The van der Waals surface area contributed by atoms with Gasteiger partial charge in [-0.15, -0.1) is 11.8 Å². The van der Waals surface area contributed by atoms with E-state index in [0.29, 0.717) is 5.69 Å². The van der Waals surface area contributed by atoms with Crippen LogP contribution < -0.4 is 9.46 Å². The quantitative estimate of drug-likeness (QED) is 0.522. The van der Waals surface area contributed by atoms with Crippen molar-refractivity contribution in [2.75, 3.05) is 11.8 Å². The third kappa shape index (κ3) is 5.27. The smallest absolute Gasteiger partial charge is 0.335 e. The van der Waals surface area contributed by atoms with Crippen molar-refractivity contribution in [2.24, 2.45) is 0 Å². The van der Waals surface area contributed by atoms with E-state index in [9.17, 15) is 13.2 Å². The Labute approximate surface area is 172 Å². The van der Waals surface area contributed by atoms with Crippen molar-refractivity contribution in [1.29, 1.82) is 0 Å². The molecule has 150 valence electrons. The number of benzene rings is 2. The molecule has 7 nitrogen and oxygen atoms in total. The molecule has 2 N–H and O–H groups in total. The van der Waals surface area contributed by atoms with Crippen LogP contribution >= 0.6 is 11.8 Å². The van der Waals surface area contributed by atoms with Gasteiger partial charge in [0.15, 0.2) is 0 Å². The Kier molecular flexibility index (Phi) is 6.40. The molecule has 3 rings (SSSR count). The zero-order valence-corrected chi connectivity index (χ0v) is 17.0. The number of nitrogens with one attached hydrogen (secondary N) is 1. The van der Waals surface area contributed by atoms with E-state index in [1.807, 2.05) is 24.3 Å². The third-order valence-electron chi connectivity index (χ3n) is 3.93. The van der Waals surface area contributed by atoms with Crippen LogP contribution in [0.2, 0.25) is 0 Å². The Morgan fingerprint density at radius 1 is 1.17 bits per heavy atom. The number of rotatable bonds is 8. The number of hydrogen-bond donors (Lipinski definition) is 2. The molecule has 0 atom stereocenters. The SMILES string of the molecule is COc1ccc(C(=O)O)cc1S(=O)(=O)Nc1ccc(SCc2cccnc2)cc1. The van der Waals surface area contributed by atoms with Crippen molar-refractivity contribution in [2.45, 2.75) is 15.5 Å². The highest BCUT2D eigenvalue weighted by Crippen LogP contribution is 2.28. The molecule has 0 radical (unpaired) electrons. The molecule has 0 saturated carbocycles. The number of aromatic nitrogens is 1. The molecule has 2 aromatic carbocycles. The minimum atomic E-state index is -4.03. The fourth-order valence-corrected chi connectivity index (χ4v) is 4.59. The molecular formula is C20H18N2O5S2. The van der Waals surface area contributed by atoms with Crippen molar-refractivity contribution < 1.29 is 23.1 Å². The number of carbonyl (C=O) groups is 1. The molecule has 9 heteroatoms. The number of methoxy groups -OCH3 is 1. The molecule has 0 fully saturated rings. The highest BCUT2D eigenvalue weighted by molar-refractivity contribution is 7.98. The van der Waals surface area contributed by atoms with Gasteiger partial charge >= 0.3 is 5.97 Å². The first-order chi connectivity index (χ1) is 13.9. The normalized spacial score (nSPS) is 11.1. The number of anilines is 1. The summed E-state index contributed by atoms with van der Waals surface area (Å²) in [5, 5.41) is 9.13. The highest BCUT2D eigenvalue weighted by atomic mass is 32.2. The largest absolute Gasteiger partial charge is 0.495 e. The van der Waals surface area contributed by atoms with Gasteiger partial charge in [-0.05, 0) is 54.1 Å². The van der Waals surface area contributed by atoms with Gasteiger partial charge in [0.05, 0.1) is 12.7 Å². The molecule has 0 unspecified atom stereocenters. The summed E-state index contributed by atoms with van der Waals surface area (Å²) in [6.45, 7) is 0. The fraction of sp³-hybridized carbons (Fsp3) is 0.100. The molecule has 0 amide bonds. The number of pyridine rings is 1. The van der Waals surface area contributed by atoms with Crippen molar-refractivity contribution in [3.8, 4) is 5.75 Å². The number of thioether (sulfide) groups is 1. The van der Waals surface area contributed by atoms with Gasteiger partial charge in [-0.3, -0.25) is 9.71 Å². The minimum absolute atomic E-state index is 0.0612. The highest BCUT2D eigenvalue weighted by Gasteiger charge is 2.22. The van der Waals surface area contributed by atoms with Crippen LogP contribution in [0, 0.1) is 0 Å². The van der Waals surface area contributed by atoms with E-state index in [-0.39, 0.29) is 16.2 Å². The number of aromatic carboxylic acids is 1. The number of carboxylic acid groups (broad SMARTS) is 1. The predicted octanol–water partition coefficient (Wildman–Crippen LogP) is 3.88. The fourth-order valence-electron chi connectivity index (χ4n) is 2.50. The zero-order valence-electron chi connectivity index (χ0n) is 15.4. The number of sulfonamides is 1. The number of nitrogens with zero attached hydrogens (tertiary/aromatic N) is 1. The van der Waals surface area contributed by atoms with E-state index in [1.165, 1.54) is 19.2 Å². The second kappa shape index (κ2) is 8.97. The van der Waals surface area contributed by atoms with Crippen LogP contribution in [0.5, 0.6) is 5.75 Å². The lowest BCUT2D eigenvalue weighted by atomic mass is 10.2. The van der Waals surface area contributed by atoms with Crippen LogP contribution in [0.3, 0.4) is 0 Å². The summed E-state index contributed by atoms with van der Waals surface area (Å²) in [7, 11) is -2.71. The molecule has 29 heavy (non-hydrogen) atoms. The van der Waals surface area contributed by atoms with Gasteiger partial charge in [0.2, 0.25) is 0 Å². The van der Waals surface area contributed by atoms with Gasteiger partial charge in [-0.1, -0.05) is 6.07 Å². The third-order valence-corrected chi connectivity index (χ3v) is 6.42. The standard InChI is InChI=1S/C20H18N2O5S2/c1-27-18-9-4-15(20(23)24)11-19(18)29(25,26)22-16-5-7-17(8-6-16)28-13-14-3-2-10-21-12-14/h2-12,22H,13H2,1H3,(H,23,24). The number of hydrogen-bond acceptors (Lipinski definition) is 6. The summed E-state index contributed by atoms with van der Waals surface area (Å²) < 4.78 is 33.0. The molecule has 0 aliphatic carbocycles. The first kappa shape index (κ1) is 20.7. The monoisotopic (exact) mass is 430 g/mol. The lowest BCUT2D eigenvalue weighted by molar-refractivity contribution is 0.0696. The number of carboxylic acids is 1. The first-order valence-electron chi connectivity index (χ1n) is 8.45. The van der Waals surface area contributed by atoms with Crippen molar-refractivity contribution in [3.63, 3.8) is 0 Å². The van der Waals surface area contributed by atoms with Crippen molar-refractivity contribution in [1.82, 2.24) is 4.98 Å². The maximum Gasteiger partial charge on any atom is 0.335 e. The Balaban J connectivity index is 1.75. The van der Waals surface area contributed by atoms with Gasteiger partial charge in [0.1, 0.15) is 10.6 Å². The Bertz CT molecular complexity index is 1100. The molecule has 0 saturated heterocycles. The lowest BCUT2D eigenvalue weighted by Gasteiger charge is -2.12. The van der Waals surface area contributed by atoms with E-state index < -0.39 is 16.0 Å². The lowest BCUT2D eigenvalue weighted by Crippen LogP contribution is -2.15. The van der Waals surface area contributed by atoms with Crippen molar-refractivity contribution >= 4 is 33.4 Å².